The van der Waals surface area contributed by atoms with Gasteiger partial charge in [-0.25, -0.2) is 10.3 Å². The molecule has 1 aromatic rings. The molecule has 1 aromatic carbocycles. The highest BCUT2D eigenvalue weighted by Crippen LogP contribution is 2.09. The minimum absolute atomic E-state index is 0. The summed E-state index contributed by atoms with van der Waals surface area (Å²) in [6.45, 7) is 0. The maximum atomic E-state index is 10.3. The summed E-state index contributed by atoms with van der Waals surface area (Å²) >= 11 is -2.40. The maximum absolute atomic E-state index is 10.3. The molecule has 0 radical (unpaired) electrons. The van der Waals surface area contributed by atoms with Gasteiger partial charge in [0.15, 0.2) is 0 Å². The van der Waals surface area contributed by atoms with Gasteiger partial charge >= 0.3 is 0 Å². The smallest absolute Gasteiger partial charge is 0.0659 e. The van der Waals surface area contributed by atoms with E-state index in [9.17, 15) is 8.76 Å². The van der Waals surface area contributed by atoms with E-state index in [4.69, 9.17) is 5.84 Å². The van der Waals surface area contributed by atoms with Crippen LogP contribution in [0.5, 0.6) is 0 Å². The molecule has 4 nitrogen and oxygen atoms in total. The molecule has 0 aliphatic rings. The Balaban J connectivity index is 0.00000121. The van der Waals surface area contributed by atoms with E-state index in [0.717, 1.165) is 0 Å². The summed E-state index contributed by atoms with van der Waals surface area (Å²) in [6.07, 6.45) is 0. The second-order valence-electron chi connectivity index (χ2n) is 1.88. The molecule has 0 bridgehead atoms. The van der Waals surface area contributed by atoms with Crippen molar-refractivity contribution in [2.75, 3.05) is 4.41 Å². The van der Waals surface area contributed by atoms with Crippen molar-refractivity contribution in [1.29, 1.82) is 0 Å². The highest BCUT2D eigenvalue weighted by atomic mass is 35.5. The molecule has 0 aliphatic heterocycles. The number of hydrazine groups is 1. The predicted octanol–water partition coefficient (Wildman–Crippen LogP) is 0.583. The molecule has 0 aliphatic carbocycles. The zero-order valence-corrected chi connectivity index (χ0v) is 7.68. The van der Waals surface area contributed by atoms with Crippen molar-refractivity contribution >= 4 is 29.4 Å². The standard InChI is InChI=1S/C6H8N2O2S.ClH/c7-8(11(9)10)6-4-2-1-3-5-6;/h1-5H,7H2,(H,9,10);1H/p-1. The summed E-state index contributed by atoms with van der Waals surface area (Å²) in [4.78, 5) is 0. The van der Waals surface area contributed by atoms with Gasteiger partial charge in [-0.15, -0.1) is 12.4 Å². The highest BCUT2D eigenvalue weighted by molar-refractivity contribution is 7.80. The molecule has 0 saturated heterocycles. The molecule has 0 heterocycles. The van der Waals surface area contributed by atoms with Gasteiger partial charge in [-0.05, 0) is 12.1 Å². The number of hydrogen-bond acceptors (Lipinski definition) is 3. The lowest BCUT2D eigenvalue weighted by atomic mass is 10.3. The Morgan fingerprint density at radius 1 is 1.33 bits per heavy atom. The van der Waals surface area contributed by atoms with Gasteiger partial charge in [0.2, 0.25) is 0 Å². The van der Waals surface area contributed by atoms with E-state index in [2.05, 4.69) is 0 Å². The van der Waals surface area contributed by atoms with Crippen LogP contribution in [-0.2, 0) is 11.3 Å². The third-order valence-electron chi connectivity index (χ3n) is 1.17. The van der Waals surface area contributed by atoms with Crippen LogP contribution in [0, 0.1) is 0 Å². The molecular formula is C6H8ClN2O2S-. The number of rotatable bonds is 2. The highest BCUT2D eigenvalue weighted by Gasteiger charge is 1.97. The maximum Gasteiger partial charge on any atom is 0.0659 e. The Labute approximate surface area is 79.2 Å². The lowest BCUT2D eigenvalue weighted by Gasteiger charge is -2.19. The first kappa shape index (κ1) is 11.4. The van der Waals surface area contributed by atoms with Crippen molar-refractivity contribution in [1.82, 2.24) is 0 Å². The minimum atomic E-state index is -2.40. The molecule has 2 N–H and O–H groups in total. The Morgan fingerprint density at radius 2 is 1.83 bits per heavy atom. The molecule has 12 heavy (non-hydrogen) atoms. The third-order valence-corrected chi connectivity index (χ3v) is 1.70. The average molecular weight is 208 g/mol. The van der Waals surface area contributed by atoms with E-state index in [0.29, 0.717) is 10.1 Å². The average Bonchev–Trinajstić information content (AvgIpc) is 2.05. The topological polar surface area (TPSA) is 69.4 Å². The van der Waals surface area contributed by atoms with Crippen molar-refractivity contribution in [2.45, 2.75) is 0 Å². The first-order valence-electron chi connectivity index (χ1n) is 2.91. The van der Waals surface area contributed by atoms with Gasteiger partial charge in [0, 0.05) is 0 Å². The Kier molecular flexibility index (Phi) is 4.84. The SMILES string of the molecule is Cl.NN(c1ccccc1)S(=O)[O-]. The molecule has 1 unspecified atom stereocenters. The molecule has 0 spiro atoms. The second kappa shape index (κ2) is 5.10. The lowest BCUT2D eigenvalue weighted by molar-refractivity contribution is 0.533. The van der Waals surface area contributed by atoms with Crippen molar-refractivity contribution < 1.29 is 8.76 Å². The van der Waals surface area contributed by atoms with Gasteiger partial charge in [0.1, 0.15) is 0 Å². The first-order valence-corrected chi connectivity index (χ1v) is 3.94. The van der Waals surface area contributed by atoms with Crippen LogP contribution in [0.2, 0.25) is 0 Å². The monoisotopic (exact) mass is 207 g/mol. The molecule has 1 atom stereocenters. The molecule has 0 aromatic heterocycles. The fourth-order valence-electron chi connectivity index (χ4n) is 0.661. The van der Waals surface area contributed by atoms with Crippen LogP contribution in [0.1, 0.15) is 0 Å². The van der Waals surface area contributed by atoms with Crippen LogP contribution < -0.4 is 10.3 Å². The number of halogens is 1. The van der Waals surface area contributed by atoms with Gasteiger partial charge in [-0.1, -0.05) is 18.2 Å². The number of benzene rings is 1. The number of para-hydroxylation sites is 1. The molecule has 0 saturated carbocycles. The molecular weight excluding hydrogens is 200 g/mol. The third kappa shape index (κ3) is 2.78. The van der Waals surface area contributed by atoms with Crippen molar-refractivity contribution in [2.24, 2.45) is 5.84 Å². The van der Waals surface area contributed by atoms with E-state index in [-0.39, 0.29) is 12.4 Å². The van der Waals surface area contributed by atoms with Gasteiger partial charge in [0.25, 0.3) is 0 Å². The Hall–Kier alpha value is -0.620. The summed E-state index contributed by atoms with van der Waals surface area (Å²) in [5, 5.41) is 0. The summed E-state index contributed by atoms with van der Waals surface area (Å²) < 4.78 is 21.3. The van der Waals surface area contributed by atoms with E-state index in [1.54, 1.807) is 30.3 Å². The normalized spacial score (nSPS) is 11.5. The van der Waals surface area contributed by atoms with E-state index in [1.165, 1.54) is 0 Å². The van der Waals surface area contributed by atoms with E-state index < -0.39 is 11.3 Å². The molecule has 6 heteroatoms. The number of nitrogens with zero attached hydrogens (tertiary/aromatic N) is 1. The zero-order valence-electron chi connectivity index (χ0n) is 6.04. The second-order valence-corrected chi connectivity index (χ2v) is 2.71. The summed E-state index contributed by atoms with van der Waals surface area (Å²) in [5.74, 6) is 5.16. The quantitative estimate of drug-likeness (QED) is 0.438. The van der Waals surface area contributed by atoms with Crippen LogP contribution in [0.25, 0.3) is 0 Å². The van der Waals surface area contributed by atoms with Gasteiger partial charge in [0.05, 0.1) is 17.0 Å². The van der Waals surface area contributed by atoms with Gasteiger partial charge in [-0.3, -0.25) is 4.21 Å². The molecule has 0 fully saturated rings. The lowest BCUT2D eigenvalue weighted by Crippen LogP contribution is -2.32. The van der Waals surface area contributed by atoms with Gasteiger partial charge in [-0.2, -0.15) is 0 Å². The van der Waals surface area contributed by atoms with Crippen LogP contribution in [0.4, 0.5) is 5.69 Å². The van der Waals surface area contributed by atoms with Crippen LogP contribution in [0.15, 0.2) is 30.3 Å². The zero-order chi connectivity index (χ0) is 8.27. The van der Waals surface area contributed by atoms with Crippen molar-refractivity contribution in [3.05, 3.63) is 30.3 Å². The largest absolute Gasteiger partial charge is 0.754 e. The predicted molar refractivity (Wildman–Crippen MR) is 49.3 cm³/mol. The summed E-state index contributed by atoms with van der Waals surface area (Å²) in [7, 11) is 0. The van der Waals surface area contributed by atoms with Gasteiger partial charge < -0.3 is 4.55 Å². The molecule has 68 valence electrons. The fraction of sp³-hybridized carbons (Fsp3) is 0. The molecule has 0 amide bonds. The Morgan fingerprint density at radius 3 is 2.25 bits per heavy atom. The summed E-state index contributed by atoms with van der Waals surface area (Å²) in [5.41, 5.74) is 0.445. The van der Waals surface area contributed by atoms with Crippen molar-refractivity contribution in [3.63, 3.8) is 0 Å². The van der Waals surface area contributed by atoms with Crippen LogP contribution in [-0.4, -0.2) is 8.76 Å². The minimum Gasteiger partial charge on any atom is -0.754 e. The molecule has 1 rings (SSSR count). The fourth-order valence-corrected chi connectivity index (χ4v) is 0.955. The number of nitrogens with two attached hydrogens (primary N) is 1. The number of hydrogen-bond donors (Lipinski definition) is 1. The van der Waals surface area contributed by atoms with Crippen LogP contribution >= 0.6 is 12.4 Å². The van der Waals surface area contributed by atoms with Crippen molar-refractivity contribution in [3.8, 4) is 0 Å². The van der Waals surface area contributed by atoms with Crippen LogP contribution in [0.3, 0.4) is 0 Å². The van der Waals surface area contributed by atoms with E-state index in [1.807, 2.05) is 0 Å². The first-order chi connectivity index (χ1) is 5.22. The Bertz CT molecular complexity index is 257. The number of anilines is 1. The van der Waals surface area contributed by atoms with E-state index >= 15 is 0 Å². The summed E-state index contributed by atoms with van der Waals surface area (Å²) in [6, 6.07) is 8.42.